The van der Waals surface area contributed by atoms with Gasteiger partial charge in [0.1, 0.15) is 6.07 Å². The Bertz CT molecular complexity index is 436. The van der Waals surface area contributed by atoms with Crippen LogP contribution in [0, 0.1) is 17.2 Å². The molecular formula is C14H18N2O. The topological polar surface area (TPSA) is 47.3 Å². The fourth-order valence-corrected chi connectivity index (χ4v) is 2.46. The highest BCUT2D eigenvalue weighted by atomic mass is 16.3. The lowest BCUT2D eigenvalue weighted by molar-refractivity contribution is 0.282. The molecule has 0 saturated carbocycles. The number of aliphatic hydroxyl groups excluding tert-OH is 1. The second kappa shape index (κ2) is 5.20. The Hall–Kier alpha value is -1.53. The van der Waals surface area contributed by atoms with E-state index in [1.54, 1.807) is 6.07 Å². The zero-order chi connectivity index (χ0) is 12.3. The maximum absolute atomic E-state index is 9.18. The van der Waals surface area contributed by atoms with E-state index in [0.29, 0.717) is 11.5 Å². The minimum absolute atomic E-state index is 0.00857. The van der Waals surface area contributed by atoms with Crippen molar-refractivity contribution in [2.24, 2.45) is 5.92 Å². The molecule has 0 amide bonds. The molecule has 1 unspecified atom stereocenters. The first-order valence-electron chi connectivity index (χ1n) is 6.13. The van der Waals surface area contributed by atoms with Crippen LogP contribution in [0.2, 0.25) is 0 Å². The molecule has 1 fully saturated rings. The van der Waals surface area contributed by atoms with Gasteiger partial charge in [0.25, 0.3) is 0 Å². The van der Waals surface area contributed by atoms with E-state index < -0.39 is 0 Å². The number of aliphatic hydroxyl groups is 1. The van der Waals surface area contributed by atoms with E-state index in [9.17, 15) is 5.26 Å². The average Bonchev–Trinajstić information content (AvgIpc) is 2.38. The number of anilines is 1. The molecule has 1 atom stereocenters. The first-order valence-corrected chi connectivity index (χ1v) is 6.13. The van der Waals surface area contributed by atoms with Crippen LogP contribution in [0.5, 0.6) is 0 Å². The van der Waals surface area contributed by atoms with Crippen LogP contribution in [0.4, 0.5) is 5.69 Å². The molecule has 0 radical (unpaired) electrons. The fourth-order valence-electron chi connectivity index (χ4n) is 2.46. The van der Waals surface area contributed by atoms with Gasteiger partial charge in [0, 0.05) is 13.1 Å². The lowest BCUT2D eigenvalue weighted by atomic mass is 9.98. The first kappa shape index (κ1) is 11.9. The Morgan fingerprint density at radius 1 is 1.53 bits per heavy atom. The van der Waals surface area contributed by atoms with Crippen molar-refractivity contribution in [3.05, 3.63) is 29.3 Å². The molecule has 2 rings (SSSR count). The number of rotatable bonds is 2. The van der Waals surface area contributed by atoms with Crippen LogP contribution in [0.25, 0.3) is 0 Å². The Balaban J connectivity index is 2.28. The van der Waals surface area contributed by atoms with Gasteiger partial charge in [0.2, 0.25) is 0 Å². The number of nitrogens with zero attached hydrogens (tertiary/aromatic N) is 2. The molecule has 0 aromatic heterocycles. The number of benzene rings is 1. The molecule has 90 valence electrons. The van der Waals surface area contributed by atoms with E-state index >= 15 is 0 Å². The van der Waals surface area contributed by atoms with Gasteiger partial charge in [-0.1, -0.05) is 13.0 Å². The number of nitriles is 1. The van der Waals surface area contributed by atoms with Crippen molar-refractivity contribution < 1.29 is 5.11 Å². The van der Waals surface area contributed by atoms with E-state index in [4.69, 9.17) is 5.11 Å². The molecule has 17 heavy (non-hydrogen) atoms. The van der Waals surface area contributed by atoms with Crippen molar-refractivity contribution in [3.63, 3.8) is 0 Å². The van der Waals surface area contributed by atoms with Gasteiger partial charge in [-0.2, -0.15) is 5.26 Å². The Kier molecular flexibility index (Phi) is 3.65. The zero-order valence-corrected chi connectivity index (χ0v) is 10.2. The summed E-state index contributed by atoms with van der Waals surface area (Å²) < 4.78 is 0. The van der Waals surface area contributed by atoms with E-state index in [2.05, 4.69) is 17.9 Å². The van der Waals surface area contributed by atoms with Crippen molar-refractivity contribution >= 4 is 5.69 Å². The summed E-state index contributed by atoms with van der Waals surface area (Å²) in [5, 5.41) is 18.3. The van der Waals surface area contributed by atoms with Crippen molar-refractivity contribution in [1.29, 1.82) is 5.26 Å². The zero-order valence-electron chi connectivity index (χ0n) is 10.2. The third-order valence-electron chi connectivity index (χ3n) is 3.36. The molecule has 3 nitrogen and oxygen atoms in total. The van der Waals surface area contributed by atoms with Crippen LogP contribution in [0.3, 0.4) is 0 Å². The normalized spacial score (nSPS) is 20.1. The molecule has 1 heterocycles. The predicted molar refractivity (Wildman–Crippen MR) is 67.7 cm³/mol. The second-order valence-electron chi connectivity index (χ2n) is 4.81. The van der Waals surface area contributed by atoms with Gasteiger partial charge in [-0.05, 0) is 36.5 Å². The fraction of sp³-hybridized carbons (Fsp3) is 0.500. The maximum Gasteiger partial charge on any atom is 0.101 e. The van der Waals surface area contributed by atoms with E-state index in [1.807, 2.05) is 12.1 Å². The number of hydrogen-bond donors (Lipinski definition) is 1. The highest BCUT2D eigenvalue weighted by molar-refractivity contribution is 5.60. The average molecular weight is 230 g/mol. The number of piperidine rings is 1. The molecule has 0 spiro atoms. The van der Waals surface area contributed by atoms with E-state index in [1.165, 1.54) is 12.8 Å². The Morgan fingerprint density at radius 3 is 3.00 bits per heavy atom. The Morgan fingerprint density at radius 2 is 2.35 bits per heavy atom. The summed E-state index contributed by atoms with van der Waals surface area (Å²) in [6.07, 6.45) is 2.46. The molecule has 3 heteroatoms. The van der Waals surface area contributed by atoms with Crippen LogP contribution in [-0.4, -0.2) is 18.2 Å². The van der Waals surface area contributed by atoms with Crippen LogP contribution in [0.15, 0.2) is 18.2 Å². The van der Waals surface area contributed by atoms with Gasteiger partial charge in [0.05, 0.1) is 17.9 Å². The SMILES string of the molecule is CC1CCCN(c2ccc(CO)cc2C#N)C1. The van der Waals surface area contributed by atoms with E-state index in [0.717, 1.165) is 24.3 Å². The van der Waals surface area contributed by atoms with Crippen LogP contribution < -0.4 is 4.90 Å². The Labute approximate surface area is 102 Å². The molecule has 1 aromatic rings. The minimum Gasteiger partial charge on any atom is -0.392 e. The lowest BCUT2D eigenvalue weighted by Gasteiger charge is -2.33. The monoisotopic (exact) mass is 230 g/mol. The summed E-state index contributed by atoms with van der Waals surface area (Å²) in [5.74, 6) is 0.688. The van der Waals surface area contributed by atoms with Gasteiger partial charge < -0.3 is 10.0 Å². The highest BCUT2D eigenvalue weighted by Gasteiger charge is 2.18. The van der Waals surface area contributed by atoms with Gasteiger partial charge in [-0.25, -0.2) is 0 Å². The van der Waals surface area contributed by atoms with Crippen LogP contribution in [-0.2, 0) is 6.61 Å². The van der Waals surface area contributed by atoms with Crippen molar-refractivity contribution in [1.82, 2.24) is 0 Å². The number of hydrogen-bond acceptors (Lipinski definition) is 3. The minimum atomic E-state index is -0.00857. The smallest absolute Gasteiger partial charge is 0.101 e. The lowest BCUT2D eigenvalue weighted by Crippen LogP contribution is -2.34. The van der Waals surface area contributed by atoms with Crippen molar-refractivity contribution in [2.45, 2.75) is 26.4 Å². The standard InChI is InChI=1S/C14H18N2O/c1-11-3-2-6-16(9-11)14-5-4-12(10-17)7-13(14)8-15/h4-5,7,11,17H,2-3,6,9-10H2,1H3. The van der Waals surface area contributed by atoms with Gasteiger partial charge in [-0.3, -0.25) is 0 Å². The van der Waals surface area contributed by atoms with Gasteiger partial charge in [0.15, 0.2) is 0 Å². The molecule has 1 saturated heterocycles. The molecule has 1 N–H and O–H groups in total. The largest absolute Gasteiger partial charge is 0.392 e. The summed E-state index contributed by atoms with van der Waals surface area (Å²) in [6.45, 7) is 4.29. The van der Waals surface area contributed by atoms with Crippen LogP contribution >= 0.6 is 0 Å². The third kappa shape index (κ3) is 2.59. The summed E-state index contributed by atoms with van der Waals surface area (Å²) in [7, 11) is 0. The first-order chi connectivity index (χ1) is 8.24. The van der Waals surface area contributed by atoms with Gasteiger partial charge in [-0.15, -0.1) is 0 Å². The summed E-state index contributed by atoms with van der Waals surface area (Å²) in [6, 6.07) is 7.87. The molecule has 1 aliphatic rings. The molecule has 1 aliphatic heterocycles. The highest BCUT2D eigenvalue weighted by Crippen LogP contribution is 2.26. The third-order valence-corrected chi connectivity index (χ3v) is 3.36. The molecule has 0 aliphatic carbocycles. The second-order valence-corrected chi connectivity index (χ2v) is 4.81. The van der Waals surface area contributed by atoms with Gasteiger partial charge >= 0.3 is 0 Å². The molecular weight excluding hydrogens is 212 g/mol. The summed E-state index contributed by atoms with van der Waals surface area (Å²) in [5.41, 5.74) is 2.48. The quantitative estimate of drug-likeness (QED) is 0.848. The molecule has 1 aromatic carbocycles. The van der Waals surface area contributed by atoms with Crippen molar-refractivity contribution in [3.8, 4) is 6.07 Å². The predicted octanol–water partition coefficient (Wildman–Crippen LogP) is 2.29. The molecule has 0 bridgehead atoms. The van der Waals surface area contributed by atoms with E-state index in [-0.39, 0.29) is 6.61 Å². The maximum atomic E-state index is 9.18. The summed E-state index contributed by atoms with van der Waals surface area (Å²) in [4.78, 5) is 2.29. The van der Waals surface area contributed by atoms with Crippen molar-refractivity contribution in [2.75, 3.05) is 18.0 Å². The summed E-state index contributed by atoms with van der Waals surface area (Å²) >= 11 is 0. The van der Waals surface area contributed by atoms with Crippen LogP contribution in [0.1, 0.15) is 30.9 Å².